The van der Waals surface area contributed by atoms with Crippen molar-refractivity contribution in [2.75, 3.05) is 5.75 Å². The van der Waals surface area contributed by atoms with Crippen LogP contribution in [0.2, 0.25) is 0 Å². The summed E-state index contributed by atoms with van der Waals surface area (Å²) in [5.41, 5.74) is 3.27. The quantitative estimate of drug-likeness (QED) is 0.842. The Bertz CT molecular complexity index is 457. The molecule has 0 saturated heterocycles. The summed E-state index contributed by atoms with van der Waals surface area (Å²) in [5.74, 6) is 1.27. The van der Waals surface area contributed by atoms with Gasteiger partial charge in [0.2, 0.25) is 0 Å². The predicted octanol–water partition coefficient (Wildman–Crippen LogP) is 4.66. The molecule has 1 aromatic rings. The highest BCUT2D eigenvalue weighted by atomic mass is 32.2. The van der Waals surface area contributed by atoms with Crippen LogP contribution in [0, 0.1) is 0 Å². The van der Waals surface area contributed by atoms with Crippen LogP contribution in [0.1, 0.15) is 63.6 Å². The topological polar surface area (TPSA) is 12.0 Å². The van der Waals surface area contributed by atoms with Crippen molar-refractivity contribution in [2.24, 2.45) is 0 Å². The zero-order valence-electron chi connectivity index (χ0n) is 12.3. The first-order chi connectivity index (χ1) is 9.04. The molecule has 3 rings (SSSR count). The molecule has 1 aromatic carbocycles. The molecule has 19 heavy (non-hydrogen) atoms. The number of nitrogens with one attached hydrogen (secondary N) is 1. The number of benzene rings is 1. The highest BCUT2D eigenvalue weighted by Crippen LogP contribution is 2.38. The number of thioether (sulfide) groups is 1. The third-order valence-electron chi connectivity index (χ3n) is 4.16. The monoisotopic (exact) mass is 275 g/mol. The van der Waals surface area contributed by atoms with Crippen molar-refractivity contribution < 1.29 is 0 Å². The van der Waals surface area contributed by atoms with Gasteiger partial charge >= 0.3 is 0 Å². The zero-order chi connectivity index (χ0) is 13.5. The minimum absolute atomic E-state index is 0.246. The minimum Gasteiger partial charge on any atom is -0.307 e. The second-order valence-corrected chi connectivity index (χ2v) is 8.12. The molecule has 2 heteroatoms. The summed E-state index contributed by atoms with van der Waals surface area (Å²) in [6, 6.07) is 8.52. The van der Waals surface area contributed by atoms with E-state index in [2.05, 4.69) is 44.3 Å². The Morgan fingerprint density at radius 3 is 2.63 bits per heavy atom. The third kappa shape index (κ3) is 3.17. The SMILES string of the molecule is CC(C)(C)c1ccc2c(c1)C(NC1CC1)CCCS2. The predicted molar refractivity (Wildman–Crippen MR) is 84.0 cm³/mol. The van der Waals surface area contributed by atoms with Crippen LogP contribution in [-0.4, -0.2) is 11.8 Å². The molecule has 2 aliphatic rings. The van der Waals surface area contributed by atoms with Crippen LogP contribution in [0.5, 0.6) is 0 Å². The molecule has 1 heterocycles. The summed E-state index contributed by atoms with van der Waals surface area (Å²) >= 11 is 2.04. The van der Waals surface area contributed by atoms with E-state index in [-0.39, 0.29) is 5.41 Å². The summed E-state index contributed by atoms with van der Waals surface area (Å²) in [6.07, 6.45) is 5.37. The third-order valence-corrected chi connectivity index (χ3v) is 5.34. The summed E-state index contributed by atoms with van der Waals surface area (Å²) in [7, 11) is 0. The summed E-state index contributed by atoms with van der Waals surface area (Å²) in [5, 5.41) is 3.85. The molecule has 1 aliphatic heterocycles. The van der Waals surface area contributed by atoms with E-state index < -0.39 is 0 Å². The van der Waals surface area contributed by atoms with Crippen molar-refractivity contribution in [2.45, 2.75) is 68.8 Å². The fourth-order valence-corrected chi connectivity index (χ4v) is 3.81. The van der Waals surface area contributed by atoms with E-state index in [1.165, 1.54) is 41.9 Å². The average Bonchev–Trinajstić information content (AvgIpc) is 3.16. The summed E-state index contributed by atoms with van der Waals surface area (Å²) in [4.78, 5) is 1.50. The lowest BCUT2D eigenvalue weighted by Crippen LogP contribution is -2.24. The molecule has 104 valence electrons. The van der Waals surface area contributed by atoms with Crippen molar-refractivity contribution in [1.82, 2.24) is 5.32 Å². The maximum Gasteiger partial charge on any atom is 0.0334 e. The molecule has 0 amide bonds. The first kappa shape index (κ1) is 13.5. The second kappa shape index (κ2) is 5.14. The van der Waals surface area contributed by atoms with Crippen molar-refractivity contribution in [3.63, 3.8) is 0 Å². The van der Waals surface area contributed by atoms with Crippen LogP contribution < -0.4 is 5.32 Å². The summed E-state index contributed by atoms with van der Waals surface area (Å²) < 4.78 is 0. The number of hydrogen-bond acceptors (Lipinski definition) is 2. The lowest BCUT2D eigenvalue weighted by molar-refractivity contribution is 0.488. The van der Waals surface area contributed by atoms with Crippen LogP contribution in [0.4, 0.5) is 0 Å². The van der Waals surface area contributed by atoms with Crippen molar-refractivity contribution in [1.29, 1.82) is 0 Å². The Morgan fingerprint density at radius 1 is 1.16 bits per heavy atom. The maximum atomic E-state index is 3.85. The van der Waals surface area contributed by atoms with Gasteiger partial charge in [0.25, 0.3) is 0 Å². The van der Waals surface area contributed by atoms with Gasteiger partial charge < -0.3 is 5.32 Å². The van der Waals surface area contributed by atoms with Crippen LogP contribution in [0.25, 0.3) is 0 Å². The Hall–Kier alpha value is -0.470. The maximum absolute atomic E-state index is 3.85. The van der Waals surface area contributed by atoms with E-state index >= 15 is 0 Å². The van der Waals surface area contributed by atoms with Gasteiger partial charge in [0.05, 0.1) is 0 Å². The highest BCUT2D eigenvalue weighted by molar-refractivity contribution is 7.99. The smallest absolute Gasteiger partial charge is 0.0334 e. The van der Waals surface area contributed by atoms with E-state index in [0.29, 0.717) is 6.04 Å². The minimum atomic E-state index is 0.246. The van der Waals surface area contributed by atoms with Crippen LogP contribution in [-0.2, 0) is 5.41 Å². The largest absolute Gasteiger partial charge is 0.307 e. The fourth-order valence-electron chi connectivity index (χ4n) is 2.75. The first-order valence-electron chi connectivity index (χ1n) is 7.57. The lowest BCUT2D eigenvalue weighted by Gasteiger charge is -2.24. The van der Waals surface area contributed by atoms with Gasteiger partial charge in [0.15, 0.2) is 0 Å². The number of hydrogen-bond donors (Lipinski definition) is 1. The Morgan fingerprint density at radius 2 is 1.95 bits per heavy atom. The van der Waals surface area contributed by atoms with Gasteiger partial charge in [-0.15, -0.1) is 11.8 Å². The molecule has 0 radical (unpaired) electrons. The van der Waals surface area contributed by atoms with Gasteiger partial charge in [-0.25, -0.2) is 0 Å². The molecular weight excluding hydrogens is 250 g/mol. The summed E-state index contributed by atoms with van der Waals surface area (Å²) in [6.45, 7) is 6.92. The van der Waals surface area contributed by atoms with E-state index in [1.54, 1.807) is 5.56 Å². The van der Waals surface area contributed by atoms with Crippen LogP contribution >= 0.6 is 11.8 Å². The van der Waals surface area contributed by atoms with E-state index in [1.807, 2.05) is 11.8 Å². The van der Waals surface area contributed by atoms with Gasteiger partial charge in [-0.2, -0.15) is 0 Å². The molecule has 1 N–H and O–H groups in total. The normalized spacial score (nSPS) is 23.8. The number of fused-ring (bicyclic) bond motifs is 1. The van der Waals surface area contributed by atoms with Crippen LogP contribution in [0.3, 0.4) is 0 Å². The lowest BCUT2D eigenvalue weighted by atomic mass is 9.85. The molecule has 1 nitrogen and oxygen atoms in total. The highest BCUT2D eigenvalue weighted by Gasteiger charge is 2.28. The molecule has 1 fully saturated rings. The molecule has 1 unspecified atom stereocenters. The van der Waals surface area contributed by atoms with E-state index in [0.717, 1.165) is 6.04 Å². The average molecular weight is 275 g/mol. The molecular formula is C17H25NS. The van der Waals surface area contributed by atoms with Gasteiger partial charge in [-0.3, -0.25) is 0 Å². The zero-order valence-corrected chi connectivity index (χ0v) is 13.1. The second-order valence-electron chi connectivity index (χ2n) is 6.99. The standard InChI is InChI=1S/C17H25NS/c1-17(2,3)12-6-9-16-14(11-12)15(5-4-10-19-16)18-13-7-8-13/h6,9,11,13,15,18H,4-5,7-8,10H2,1-3H3. The van der Waals surface area contributed by atoms with Crippen LogP contribution in [0.15, 0.2) is 23.1 Å². The molecule has 0 bridgehead atoms. The van der Waals surface area contributed by atoms with Gasteiger partial charge in [-0.05, 0) is 54.0 Å². The molecule has 0 aromatic heterocycles. The van der Waals surface area contributed by atoms with Gasteiger partial charge in [0, 0.05) is 17.0 Å². The molecule has 1 saturated carbocycles. The van der Waals surface area contributed by atoms with Crippen molar-refractivity contribution in [3.05, 3.63) is 29.3 Å². The molecule has 1 aliphatic carbocycles. The molecule has 1 atom stereocenters. The van der Waals surface area contributed by atoms with E-state index in [4.69, 9.17) is 0 Å². The van der Waals surface area contributed by atoms with E-state index in [9.17, 15) is 0 Å². The molecule has 0 spiro atoms. The Kier molecular flexibility index (Phi) is 3.65. The van der Waals surface area contributed by atoms with Crippen molar-refractivity contribution in [3.8, 4) is 0 Å². The van der Waals surface area contributed by atoms with Crippen molar-refractivity contribution >= 4 is 11.8 Å². The first-order valence-corrected chi connectivity index (χ1v) is 8.56. The van der Waals surface area contributed by atoms with Gasteiger partial charge in [-0.1, -0.05) is 32.9 Å². The Labute approximate surface area is 121 Å². The Balaban J connectivity index is 1.94. The number of rotatable bonds is 2. The fraction of sp³-hybridized carbons (Fsp3) is 0.647. The van der Waals surface area contributed by atoms with Gasteiger partial charge in [0.1, 0.15) is 0 Å².